The summed E-state index contributed by atoms with van der Waals surface area (Å²) in [5, 5.41) is 0. The monoisotopic (exact) mass is 222 g/mol. The van der Waals surface area contributed by atoms with Crippen molar-refractivity contribution < 1.29 is 14.3 Å². The SMILES string of the molecule is COc1ccc(OCCC(C)C(C)=O)cc1. The summed E-state index contributed by atoms with van der Waals surface area (Å²) in [7, 11) is 1.63. The molecule has 0 aromatic heterocycles. The average Bonchev–Trinajstić information content (AvgIpc) is 2.29. The summed E-state index contributed by atoms with van der Waals surface area (Å²) in [6.45, 7) is 4.09. The lowest BCUT2D eigenvalue weighted by atomic mass is 10.1. The second kappa shape index (κ2) is 6.16. The van der Waals surface area contributed by atoms with Gasteiger partial charge in [0.1, 0.15) is 17.3 Å². The topological polar surface area (TPSA) is 35.5 Å². The van der Waals surface area contributed by atoms with Crippen molar-refractivity contribution in [1.82, 2.24) is 0 Å². The third kappa shape index (κ3) is 3.93. The summed E-state index contributed by atoms with van der Waals surface area (Å²) in [5.41, 5.74) is 0. The molecule has 0 saturated heterocycles. The molecule has 16 heavy (non-hydrogen) atoms. The molecule has 1 aromatic rings. The van der Waals surface area contributed by atoms with E-state index in [9.17, 15) is 4.79 Å². The number of Topliss-reactive ketones (excluding diaryl/α,β-unsaturated/α-hetero) is 1. The minimum Gasteiger partial charge on any atom is -0.497 e. The number of carbonyl (C=O) groups is 1. The van der Waals surface area contributed by atoms with E-state index >= 15 is 0 Å². The van der Waals surface area contributed by atoms with Crippen LogP contribution in [0.15, 0.2) is 24.3 Å². The third-order valence-electron chi connectivity index (χ3n) is 2.57. The molecule has 0 bridgehead atoms. The van der Waals surface area contributed by atoms with Gasteiger partial charge in [0.05, 0.1) is 13.7 Å². The van der Waals surface area contributed by atoms with E-state index in [1.807, 2.05) is 31.2 Å². The van der Waals surface area contributed by atoms with E-state index in [-0.39, 0.29) is 11.7 Å². The summed E-state index contributed by atoms with van der Waals surface area (Å²) in [6.07, 6.45) is 0.751. The van der Waals surface area contributed by atoms with Crippen LogP contribution in [0.25, 0.3) is 0 Å². The predicted molar refractivity (Wildman–Crippen MR) is 63.0 cm³/mol. The van der Waals surface area contributed by atoms with Gasteiger partial charge in [-0.25, -0.2) is 0 Å². The maximum Gasteiger partial charge on any atom is 0.132 e. The molecule has 3 heteroatoms. The number of rotatable bonds is 6. The molecule has 1 atom stereocenters. The molecule has 1 rings (SSSR count). The Bertz CT molecular complexity index is 330. The van der Waals surface area contributed by atoms with Crippen molar-refractivity contribution in [3.63, 3.8) is 0 Å². The standard InChI is InChI=1S/C13H18O3/c1-10(11(2)14)8-9-16-13-6-4-12(15-3)5-7-13/h4-7,10H,8-9H2,1-3H3. The molecule has 0 amide bonds. The highest BCUT2D eigenvalue weighted by atomic mass is 16.5. The predicted octanol–water partition coefficient (Wildman–Crippen LogP) is 2.69. The molecule has 0 saturated carbocycles. The first-order valence-electron chi connectivity index (χ1n) is 5.40. The first-order valence-corrected chi connectivity index (χ1v) is 5.40. The normalized spacial score (nSPS) is 11.9. The van der Waals surface area contributed by atoms with Gasteiger partial charge in [0, 0.05) is 5.92 Å². The van der Waals surface area contributed by atoms with Crippen LogP contribution in [-0.2, 0) is 4.79 Å². The van der Waals surface area contributed by atoms with Crippen LogP contribution < -0.4 is 9.47 Å². The first kappa shape index (κ1) is 12.6. The van der Waals surface area contributed by atoms with Crippen LogP contribution in [0.3, 0.4) is 0 Å². The van der Waals surface area contributed by atoms with Crippen molar-refractivity contribution in [3.05, 3.63) is 24.3 Å². The van der Waals surface area contributed by atoms with Gasteiger partial charge in [-0.1, -0.05) is 6.92 Å². The number of benzene rings is 1. The van der Waals surface area contributed by atoms with Crippen LogP contribution in [0.2, 0.25) is 0 Å². The van der Waals surface area contributed by atoms with Gasteiger partial charge in [-0.15, -0.1) is 0 Å². The highest BCUT2D eigenvalue weighted by Gasteiger charge is 2.07. The van der Waals surface area contributed by atoms with Crippen LogP contribution in [-0.4, -0.2) is 19.5 Å². The van der Waals surface area contributed by atoms with Gasteiger partial charge in [0.2, 0.25) is 0 Å². The molecule has 1 unspecified atom stereocenters. The molecule has 0 spiro atoms. The van der Waals surface area contributed by atoms with Crippen LogP contribution >= 0.6 is 0 Å². The number of methoxy groups -OCH3 is 1. The van der Waals surface area contributed by atoms with Crippen molar-refractivity contribution in [2.75, 3.05) is 13.7 Å². The van der Waals surface area contributed by atoms with Crippen LogP contribution in [0.4, 0.5) is 0 Å². The Labute approximate surface area is 96.4 Å². The number of hydrogen-bond donors (Lipinski definition) is 0. The fourth-order valence-electron chi connectivity index (χ4n) is 1.23. The van der Waals surface area contributed by atoms with Crippen LogP contribution in [0.1, 0.15) is 20.3 Å². The Balaban J connectivity index is 2.34. The van der Waals surface area contributed by atoms with Gasteiger partial charge < -0.3 is 9.47 Å². The second-order valence-electron chi connectivity index (χ2n) is 3.82. The quantitative estimate of drug-likeness (QED) is 0.742. The van der Waals surface area contributed by atoms with Gasteiger partial charge in [-0.3, -0.25) is 4.79 Å². The van der Waals surface area contributed by atoms with Gasteiger partial charge in [0.25, 0.3) is 0 Å². The van der Waals surface area contributed by atoms with E-state index in [1.165, 1.54) is 0 Å². The van der Waals surface area contributed by atoms with E-state index in [4.69, 9.17) is 9.47 Å². The largest absolute Gasteiger partial charge is 0.497 e. The van der Waals surface area contributed by atoms with E-state index in [0.29, 0.717) is 6.61 Å². The van der Waals surface area contributed by atoms with Crippen molar-refractivity contribution in [3.8, 4) is 11.5 Å². The smallest absolute Gasteiger partial charge is 0.132 e. The number of carbonyl (C=O) groups excluding carboxylic acids is 1. The van der Waals surface area contributed by atoms with E-state index in [2.05, 4.69) is 0 Å². The molecular formula is C13H18O3. The molecule has 0 fully saturated rings. The zero-order valence-electron chi connectivity index (χ0n) is 10.0. The molecule has 0 N–H and O–H groups in total. The highest BCUT2D eigenvalue weighted by Crippen LogP contribution is 2.17. The third-order valence-corrected chi connectivity index (χ3v) is 2.57. The van der Waals surface area contributed by atoms with Crippen molar-refractivity contribution in [2.24, 2.45) is 5.92 Å². The van der Waals surface area contributed by atoms with Crippen LogP contribution in [0.5, 0.6) is 11.5 Å². The molecule has 3 nitrogen and oxygen atoms in total. The Morgan fingerprint density at radius 3 is 2.31 bits per heavy atom. The van der Waals surface area contributed by atoms with Crippen LogP contribution in [0, 0.1) is 5.92 Å². The highest BCUT2D eigenvalue weighted by molar-refractivity contribution is 5.77. The summed E-state index contributed by atoms with van der Waals surface area (Å²) < 4.78 is 10.6. The Morgan fingerprint density at radius 1 is 1.25 bits per heavy atom. The number of hydrogen-bond acceptors (Lipinski definition) is 3. The minimum absolute atomic E-state index is 0.0678. The van der Waals surface area contributed by atoms with Gasteiger partial charge in [0.15, 0.2) is 0 Å². The molecular weight excluding hydrogens is 204 g/mol. The summed E-state index contributed by atoms with van der Waals surface area (Å²) >= 11 is 0. The Hall–Kier alpha value is -1.51. The first-order chi connectivity index (χ1) is 7.63. The molecule has 0 heterocycles. The molecule has 0 aliphatic carbocycles. The van der Waals surface area contributed by atoms with E-state index in [1.54, 1.807) is 14.0 Å². The van der Waals surface area contributed by atoms with Crippen molar-refractivity contribution in [2.45, 2.75) is 20.3 Å². The molecule has 0 radical (unpaired) electrons. The summed E-state index contributed by atoms with van der Waals surface area (Å²) in [5.74, 6) is 1.89. The zero-order valence-corrected chi connectivity index (χ0v) is 10.0. The summed E-state index contributed by atoms with van der Waals surface area (Å²) in [4.78, 5) is 11.0. The summed E-state index contributed by atoms with van der Waals surface area (Å²) in [6, 6.07) is 7.42. The maximum atomic E-state index is 11.0. The average molecular weight is 222 g/mol. The van der Waals surface area contributed by atoms with Gasteiger partial charge in [-0.2, -0.15) is 0 Å². The second-order valence-corrected chi connectivity index (χ2v) is 3.82. The molecule has 1 aromatic carbocycles. The van der Waals surface area contributed by atoms with Gasteiger partial charge >= 0.3 is 0 Å². The number of ether oxygens (including phenoxy) is 2. The van der Waals surface area contributed by atoms with Gasteiger partial charge in [-0.05, 0) is 37.6 Å². The lowest BCUT2D eigenvalue weighted by Crippen LogP contribution is -2.10. The van der Waals surface area contributed by atoms with Crippen molar-refractivity contribution in [1.29, 1.82) is 0 Å². The van der Waals surface area contributed by atoms with E-state index in [0.717, 1.165) is 17.9 Å². The zero-order chi connectivity index (χ0) is 12.0. The fourth-order valence-corrected chi connectivity index (χ4v) is 1.23. The molecule has 88 valence electrons. The Morgan fingerprint density at radius 2 is 1.81 bits per heavy atom. The maximum absolute atomic E-state index is 11.0. The lowest BCUT2D eigenvalue weighted by Gasteiger charge is -2.09. The molecule has 0 aliphatic heterocycles. The lowest BCUT2D eigenvalue weighted by molar-refractivity contribution is -0.120. The Kier molecular flexibility index (Phi) is 4.83. The molecule has 0 aliphatic rings. The number of ketones is 1. The van der Waals surface area contributed by atoms with Crippen molar-refractivity contribution >= 4 is 5.78 Å². The fraction of sp³-hybridized carbons (Fsp3) is 0.462. The van der Waals surface area contributed by atoms with E-state index < -0.39 is 0 Å². The minimum atomic E-state index is 0.0678.